The number of hydrogen-bond donors (Lipinski definition) is 0. The molecule has 7 heteroatoms. The van der Waals surface area contributed by atoms with E-state index in [0.29, 0.717) is 28.6 Å². The molecule has 0 spiro atoms. The highest BCUT2D eigenvalue weighted by molar-refractivity contribution is 6.18. The van der Waals surface area contributed by atoms with E-state index < -0.39 is 5.54 Å². The van der Waals surface area contributed by atoms with E-state index in [1.54, 1.807) is 16.0 Å². The number of benzene rings is 2. The van der Waals surface area contributed by atoms with E-state index in [4.69, 9.17) is 4.98 Å². The molecular formula is C28H31N5O2. The second kappa shape index (κ2) is 9.23. The minimum atomic E-state index is -0.519. The van der Waals surface area contributed by atoms with Gasteiger partial charge in [0.25, 0.3) is 5.91 Å². The van der Waals surface area contributed by atoms with Gasteiger partial charge in [0.1, 0.15) is 5.56 Å². The monoisotopic (exact) mass is 469 g/mol. The number of carbonyl (C=O) groups is 2. The smallest absolute Gasteiger partial charge is 0.264 e. The third kappa shape index (κ3) is 4.44. The molecule has 7 nitrogen and oxygen atoms in total. The molecule has 2 aliphatic rings. The SMILES string of the molecule is CC(C)(C)N1C(=O)c2cnc(-c3ccccc3)nc2N(C(=O)CN2CCCCC2)c2ccccc21. The Morgan fingerprint density at radius 1 is 0.914 bits per heavy atom. The van der Waals surface area contributed by atoms with Crippen LogP contribution in [0.2, 0.25) is 0 Å². The number of aromatic nitrogens is 2. The number of hydrogen-bond acceptors (Lipinski definition) is 5. The Bertz CT molecular complexity index is 1250. The van der Waals surface area contributed by atoms with Gasteiger partial charge in [-0.05, 0) is 58.8 Å². The fourth-order valence-electron chi connectivity index (χ4n) is 4.90. The van der Waals surface area contributed by atoms with Crippen molar-refractivity contribution in [3.05, 3.63) is 66.4 Å². The Morgan fingerprint density at radius 2 is 1.57 bits per heavy atom. The minimum absolute atomic E-state index is 0.0955. The van der Waals surface area contributed by atoms with Crippen LogP contribution in [0.15, 0.2) is 60.8 Å². The van der Waals surface area contributed by atoms with Gasteiger partial charge in [-0.25, -0.2) is 9.97 Å². The van der Waals surface area contributed by atoms with Crippen LogP contribution in [0.4, 0.5) is 17.2 Å². The summed E-state index contributed by atoms with van der Waals surface area (Å²) in [6.45, 7) is 8.06. The maximum atomic E-state index is 13.9. The molecule has 0 saturated carbocycles. The van der Waals surface area contributed by atoms with Crippen LogP contribution < -0.4 is 9.80 Å². The Kier molecular flexibility index (Phi) is 6.11. The molecular weight excluding hydrogens is 438 g/mol. The van der Waals surface area contributed by atoms with Crippen molar-refractivity contribution in [3.8, 4) is 11.4 Å². The minimum Gasteiger partial charge on any atom is -0.301 e. The van der Waals surface area contributed by atoms with Gasteiger partial charge in [-0.3, -0.25) is 19.4 Å². The molecule has 35 heavy (non-hydrogen) atoms. The summed E-state index contributed by atoms with van der Waals surface area (Å²) in [5.41, 5.74) is 1.98. The first kappa shape index (κ1) is 23.2. The van der Waals surface area contributed by atoms with Crippen molar-refractivity contribution in [3.63, 3.8) is 0 Å². The largest absolute Gasteiger partial charge is 0.301 e. The molecule has 2 amide bonds. The van der Waals surface area contributed by atoms with E-state index in [2.05, 4.69) is 9.88 Å². The highest BCUT2D eigenvalue weighted by Crippen LogP contribution is 2.43. The Morgan fingerprint density at radius 3 is 2.26 bits per heavy atom. The number of anilines is 3. The van der Waals surface area contributed by atoms with Crippen molar-refractivity contribution < 1.29 is 9.59 Å². The molecule has 180 valence electrons. The van der Waals surface area contributed by atoms with Gasteiger partial charge in [0.2, 0.25) is 5.91 Å². The van der Waals surface area contributed by atoms with Crippen molar-refractivity contribution >= 4 is 29.0 Å². The maximum absolute atomic E-state index is 13.9. The summed E-state index contributed by atoms with van der Waals surface area (Å²) >= 11 is 0. The van der Waals surface area contributed by atoms with Crippen LogP contribution in [0.25, 0.3) is 11.4 Å². The van der Waals surface area contributed by atoms with Gasteiger partial charge in [0.15, 0.2) is 11.6 Å². The van der Waals surface area contributed by atoms with Crippen LogP contribution in [0.1, 0.15) is 50.4 Å². The lowest BCUT2D eigenvalue weighted by Crippen LogP contribution is -2.45. The van der Waals surface area contributed by atoms with E-state index in [0.717, 1.165) is 31.5 Å². The molecule has 1 aromatic heterocycles. The zero-order valence-electron chi connectivity index (χ0n) is 20.6. The zero-order valence-corrected chi connectivity index (χ0v) is 20.6. The van der Waals surface area contributed by atoms with Crippen molar-refractivity contribution in [2.24, 2.45) is 0 Å². The number of fused-ring (bicyclic) bond motifs is 2. The van der Waals surface area contributed by atoms with Gasteiger partial charge < -0.3 is 4.90 Å². The van der Waals surface area contributed by atoms with Crippen LogP contribution in [0, 0.1) is 0 Å². The average Bonchev–Trinajstić information content (AvgIpc) is 2.96. The molecule has 0 N–H and O–H groups in total. The summed E-state index contributed by atoms with van der Waals surface area (Å²) in [6, 6.07) is 17.2. The maximum Gasteiger partial charge on any atom is 0.264 e. The van der Waals surface area contributed by atoms with E-state index in [9.17, 15) is 9.59 Å². The standard InChI is InChI=1S/C28H31N5O2/c1-28(2,3)33-23-15-9-8-14-22(23)32(24(34)19-31-16-10-5-11-17-31)26-21(27(33)35)18-29-25(30-26)20-12-6-4-7-13-20/h4,6-9,12-15,18H,5,10-11,16-17,19H2,1-3H3. The molecule has 2 aliphatic heterocycles. The molecule has 0 unspecified atom stereocenters. The van der Waals surface area contributed by atoms with Crippen molar-refractivity contribution in [1.29, 1.82) is 0 Å². The summed E-state index contributed by atoms with van der Waals surface area (Å²) in [6.07, 6.45) is 4.95. The Labute approximate surface area is 206 Å². The number of carbonyl (C=O) groups excluding carboxylic acids is 2. The molecule has 0 radical (unpaired) electrons. The van der Waals surface area contributed by atoms with Gasteiger partial charge in [0.05, 0.1) is 17.9 Å². The molecule has 5 rings (SSSR count). The lowest BCUT2D eigenvalue weighted by molar-refractivity contribution is -0.119. The topological polar surface area (TPSA) is 69.6 Å². The number of likely N-dealkylation sites (tertiary alicyclic amines) is 1. The third-order valence-electron chi connectivity index (χ3n) is 6.54. The van der Waals surface area contributed by atoms with Crippen molar-refractivity contribution in [2.75, 3.05) is 29.4 Å². The fraction of sp³-hybridized carbons (Fsp3) is 0.357. The molecule has 3 aromatic rings. The van der Waals surface area contributed by atoms with Crippen molar-refractivity contribution in [2.45, 2.75) is 45.6 Å². The van der Waals surface area contributed by atoms with Gasteiger partial charge in [0, 0.05) is 17.3 Å². The zero-order chi connectivity index (χ0) is 24.6. The second-order valence-corrected chi connectivity index (χ2v) is 10.2. The Balaban J connectivity index is 1.70. The number of nitrogens with zero attached hydrogens (tertiary/aromatic N) is 5. The molecule has 3 heterocycles. The normalized spacial score (nSPS) is 16.5. The highest BCUT2D eigenvalue weighted by atomic mass is 16.2. The summed E-state index contributed by atoms with van der Waals surface area (Å²) in [5, 5.41) is 0. The fourth-order valence-corrected chi connectivity index (χ4v) is 4.90. The molecule has 2 aromatic carbocycles. The molecule has 0 atom stereocenters. The van der Waals surface area contributed by atoms with Gasteiger partial charge in [-0.2, -0.15) is 0 Å². The molecule has 1 fully saturated rings. The first-order valence-electron chi connectivity index (χ1n) is 12.3. The second-order valence-electron chi connectivity index (χ2n) is 10.2. The van der Waals surface area contributed by atoms with E-state index in [-0.39, 0.29) is 18.4 Å². The molecule has 0 bridgehead atoms. The van der Waals surface area contributed by atoms with Crippen LogP contribution in [0.5, 0.6) is 0 Å². The summed E-state index contributed by atoms with van der Waals surface area (Å²) in [7, 11) is 0. The van der Waals surface area contributed by atoms with Gasteiger partial charge in [-0.15, -0.1) is 0 Å². The molecule has 0 aliphatic carbocycles. The van der Waals surface area contributed by atoms with Crippen LogP contribution >= 0.6 is 0 Å². The van der Waals surface area contributed by atoms with Crippen LogP contribution in [-0.4, -0.2) is 51.9 Å². The predicted octanol–water partition coefficient (Wildman–Crippen LogP) is 5.05. The summed E-state index contributed by atoms with van der Waals surface area (Å²) < 4.78 is 0. The third-order valence-corrected chi connectivity index (χ3v) is 6.54. The summed E-state index contributed by atoms with van der Waals surface area (Å²) in [4.78, 5) is 42.9. The lowest BCUT2D eigenvalue weighted by atomic mass is 10.0. The number of piperidine rings is 1. The number of para-hydroxylation sites is 2. The molecule has 1 saturated heterocycles. The Hall–Kier alpha value is -3.58. The lowest BCUT2D eigenvalue weighted by Gasteiger charge is -2.36. The van der Waals surface area contributed by atoms with Gasteiger partial charge in [-0.1, -0.05) is 48.9 Å². The van der Waals surface area contributed by atoms with E-state index in [1.807, 2.05) is 75.4 Å². The summed E-state index contributed by atoms with van der Waals surface area (Å²) in [5.74, 6) is 0.509. The predicted molar refractivity (Wildman–Crippen MR) is 138 cm³/mol. The van der Waals surface area contributed by atoms with E-state index in [1.165, 1.54) is 6.42 Å². The van der Waals surface area contributed by atoms with Gasteiger partial charge >= 0.3 is 0 Å². The first-order valence-corrected chi connectivity index (χ1v) is 12.3. The van der Waals surface area contributed by atoms with Crippen LogP contribution in [-0.2, 0) is 4.79 Å². The van der Waals surface area contributed by atoms with Crippen molar-refractivity contribution in [1.82, 2.24) is 14.9 Å². The first-order chi connectivity index (χ1) is 16.8. The number of rotatable bonds is 3. The highest BCUT2D eigenvalue weighted by Gasteiger charge is 2.40. The number of amides is 2. The quantitative estimate of drug-likeness (QED) is 0.537. The van der Waals surface area contributed by atoms with E-state index >= 15 is 0 Å². The average molecular weight is 470 g/mol. The van der Waals surface area contributed by atoms with Crippen LogP contribution in [0.3, 0.4) is 0 Å².